The van der Waals surface area contributed by atoms with Gasteiger partial charge in [-0.1, -0.05) is 60.4 Å². The predicted octanol–water partition coefficient (Wildman–Crippen LogP) is 6.77. The Morgan fingerprint density at radius 2 is 1.17 bits per heavy atom. The van der Waals surface area contributed by atoms with Crippen molar-refractivity contribution in [1.29, 1.82) is 0 Å². The lowest BCUT2D eigenvalue weighted by molar-refractivity contribution is -0.225. The van der Waals surface area contributed by atoms with Crippen LogP contribution in [0.3, 0.4) is 0 Å². The fraction of sp³-hybridized carbons (Fsp3) is 0.600. The molecule has 128 valence electrons. The second kappa shape index (κ2) is 5.68. The van der Waals surface area contributed by atoms with Crippen molar-refractivity contribution in [3.05, 3.63) is 46.6 Å². The molecule has 3 heteroatoms. The molecule has 0 aromatic rings. The van der Waals surface area contributed by atoms with Crippen LogP contribution in [0.2, 0.25) is 0 Å². The van der Waals surface area contributed by atoms with Crippen LogP contribution >= 0.6 is 0 Å². The maximum atomic E-state index is 14.2. The van der Waals surface area contributed by atoms with Crippen LogP contribution < -0.4 is 0 Å². The van der Waals surface area contributed by atoms with Gasteiger partial charge in [-0.2, -0.15) is 13.2 Å². The highest BCUT2D eigenvalue weighted by Crippen LogP contribution is 2.58. The Bertz CT molecular complexity index is 567. The monoisotopic (exact) mass is 324 g/mol. The van der Waals surface area contributed by atoms with Gasteiger partial charge in [-0.15, -0.1) is 0 Å². The molecule has 0 N–H and O–H groups in total. The molecule has 0 saturated heterocycles. The normalized spacial score (nSPS) is 33.4. The van der Waals surface area contributed by atoms with Crippen molar-refractivity contribution in [3.8, 4) is 0 Å². The van der Waals surface area contributed by atoms with E-state index in [0.29, 0.717) is 12.8 Å². The van der Waals surface area contributed by atoms with Crippen molar-refractivity contribution in [2.45, 2.75) is 60.6 Å². The highest BCUT2D eigenvalue weighted by Gasteiger charge is 2.58. The van der Waals surface area contributed by atoms with Crippen LogP contribution in [0.4, 0.5) is 13.2 Å². The molecule has 0 bridgehead atoms. The third-order valence-electron chi connectivity index (χ3n) is 5.03. The number of rotatable bonds is 2. The summed E-state index contributed by atoms with van der Waals surface area (Å²) < 4.78 is 42.6. The van der Waals surface area contributed by atoms with Gasteiger partial charge in [0.05, 0.1) is 5.92 Å². The van der Waals surface area contributed by atoms with Gasteiger partial charge in [0.25, 0.3) is 0 Å². The first-order chi connectivity index (χ1) is 10.4. The van der Waals surface area contributed by atoms with Gasteiger partial charge in [0.15, 0.2) is 0 Å². The van der Waals surface area contributed by atoms with Crippen LogP contribution in [0.25, 0.3) is 0 Å². The quantitative estimate of drug-likeness (QED) is 0.526. The molecule has 0 radical (unpaired) electrons. The van der Waals surface area contributed by atoms with Gasteiger partial charge in [-0.3, -0.25) is 0 Å². The Kier molecular flexibility index (Phi) is 4.47. The molecular formula is C20H27F3. The minimum Gasteiger partial charge on any atom is -0.171 e. The summed E-state index contributed by atoms with van der Waals surface area (Å²) in [7, 11) is 0. The highest BCUT2D eigenvalue weighted by atomic mass is 19.4. The van der Waals surface area contributed by atoms with E-state index in [-0.39, 0.29) is 0 Å². The largest absolute Gasteiger partial charge is 0.393 e. The first-order valence-corrected chi connectivity index (χ1v) is 8.16. The lowest BCUT2D eigenvalue weighted by Crippen LogP contribution is -2.48. The standard InChI is InChI=1S/C20H27F3/c1-13-7-14(2)10-18(5,9-13)17(20(21,22)23)19(6)11-15(3)8-16(4)12-19/h7-9,11,17H,10,12H2,1-6H3. The molecule has 0 spiro atoms. The van der Waals surface area contributed by atoms with E-state index in [4.69, 9.17) is 0 Å². The number of alkyl halides is 3. The minimum atomic E-state index is -4.24. The smallest absolute Gasteiger partial charge is 0.171 e. The summed E-state index contributed by atoms with van der Waals surface area (Å²) in [6.07, 6.45) is 4.32. The summed E-state index contributed by atoms with van der Waals surface area (Å²) in [5.41, 5.74) is 2.08. The molecule has 23 heavy (non-hydrogen) atoms. The number of halogens is 3. The van der Waals surface area contributed by atoms with E-state index in [9.17, 15) is 13.2 Å². The Morgan fingerprint density at radius 3 is 1.43 bits per heavy atom. The van der Waals surface area contributed by atoms with Crippen LogP contribution in [0, 0.1) is 16.7 Å². The molecule has 0 heterocycles. The van der Waals surface area contributed by atoms with Gasteiger partial charge in [-0.05, 0) is 40.5 Å². The van der Waals surface area contributed by atoms with E-state index in [2.05, 4.69) is 0 Å². The summed E-state index contributed by atoms with van der Waals surface area (Å²) in [5.74, 6) is -1.40. The van der Waals surface area contributed by atoms with E-state index in [1.165, 1.54) is 0 Å². The summed E-state index contributed by atoms with van der Waals surface area (Å²) in [6.45, 7) is 11.2. The Balaban J connectivity index is 2.57. The topological polar surface area (TPSA) is 0 Å². The fourth-order valence-electron chi connectivity index (χ4n) is 5.18. The van der Waals surface area contributed by atoms with Gasteiger partial charge in [-0.25, -0.2) is 0 Å². The van der Waals surface area contributed by atoms with E-state index >= 15 is 0 Å². The third kappa shape index (κ3) is 3.64. The Morgan fingerprint density at radius 1 is 0.826 bits per heavy atom. The van der Waals surface area contributed by atoms with Crippen molar-refractivity contribution in [2.24, 2.45) is 16.7 Å². The molecule has 0 fully saturated rings. The van der Waals surface area contributed by atoms with E-state index in [1.54, 1.807) is 13.8 Å². The first kappa shape index (κ1) is 18.1. The Hall–Kier alpha value is -1.25. The van der Waals surface area contributed by atoms with E-state index in [1.807, 2.05) is 52.0 Å². The molecule has 0 aromatic heterocycles. The van der Waals surface area contributed by atoms with Crippen LogP contribution in [0.5, 0.6) is 0 Å². The van der Waals surface area contributed by atoms with Crippen LogP contribution in [0.1, 0.15) is 54.4 Å². The third-order valence-corrected chi connectivity index (χ3v) is 5.03. The molecule has 2 aliphatic rings. The van der Waals surface area contributed by atoms with Gasteiger partial charge in [0, 0.05) is 10.8 Å². The summed E-state index contributed by atoms with van der Waals surface area (Å²) in [4.78, 5) is 0. The predicted molar refractivity (Wildman–Crippen MR) is 90.0 cm³/mol. The van der Waals surface area contributed by atoms with E-state index in [0.717, 1.165) is 22.3 Å². The first-order valence-electron chi connectivity index (χ1n) is 8.16. The Labute approximate surface area is 137 Å². The lowest BCUT2D eigenvalue weighted by atomic mass is 9.56. The van der Waals surface area contributed by atoms with Crippen molar-refractivity contribution < 1.29 is 13.2 Å². The minimum absolute atomic E-state index is 0.458. The molecule has 0 aromatic carbocycles. The van der Waals surface area contributed by atoms with Gasteiger partial charge in [0.1, 0.15) is 0 Å². The van der Waals surface area contributed by atoms with Gasteiger partial charge < -0.3 is 0 Å². The highest BCUT2D eigenvalue weighted by molar-refractivity contribution is 5.35. The zero-order valence-corrected chi connectivity index (χ0v) is 14.9. The molecule has 0 saturated carbocycles. The van der Waals surface area contributed by atoms with Crippen molar-refractivity contribution in [3.63, 3.8) is 0 Å². The number of hydrogen-bond donors (Lipinski definition) is 0. The van der Waals surface area contributed by atoms with Crippen LogP contribution in [-0.4, -0.2) is 6.18 Å². The fourth-order valence-corrected chi connectivity index (χ4v) is 5.18. The van der Waals surface area contributed by atoms with Gasteiger partial charge >= 0.3 is 6.18 Å². The molecule has 2 aliphatic carbocycles. The number of hydrogen-bond acceptors (Lipinski definition) is 0. The summed E-state index contributed by atoms with van der Waals surface area (Å²) >= 11 is 0. The SMILES string of the molecule is CC1=CC(C)(C(C(F)(F)F)C2(C)C=C(C)C=C(C)C2)CC(C)=C1. The molecule has 2 unspecified atom stereocenters. The second-order valence-electron chi connectivity index (χ2n) is 8.10. The molecule has 0 amide bonds. The van der Waals surface area contributed by atoms with Crippen LogP contribution in [0.15, 0.2) is 46.6 Å². The van der Waals surface area contributed by atoms with Gasteiger partial charge in [0.2, 0.25) is 0 Å². The number of allylic oxidation sites excluding steroid dienone is 8. The van der Waals surface area contributed by atoms with Crippen LogP contribution in [-0.2, 0) is 0 Å². The second-order valence-corrected chi connectivity index (χ2v) is 8.10. The molecule has 0 nitrogen and oxygen atoms in total. The van der Waals surface area contributed by atoms with E-state index < -0.39 is 22.9 Å². The average molecular weight is 324 g/mol. The average Bonchev–Trinajstić information content (AvgIpc) is 2.19. The maximum Gasteiger partial charge on any atom is 0.393 e. The van der Waals surface area contributed by atoms with Crippen molar-refractivity contribution >= 4 is 0 Å². The maximum absolute atomic E-state index is 14.2. The zero-order valence-electron chi connectivity index (χ0n) is 14.9. The lowest BCUT2D eigenvalue weighted by Gasteiger charge is -2.49. The molecular weight excluding hydrogens is 297 g/mol. The molecule has 0 aliphatic heterocycles. The molecule has 2 atom stereocenters. The summed E-state index contributed by atoms with van der Waals surface area (Å²) in [5, 5.41) is 0. The summed E-state index contributed by atoms with van der Waals surface area (Å²) in [6, 6.07) is 0. The molecule has 2 rings (SSSR count). The zero-order chi connectivity index (χ0) is 17.6. The van der Waals surface area contributed by atoms with Crippen molar-refractivity contribution in [2.75, 3.05) is 0 Å². The van der Waals surface area contributed by atoms with Crippen molar-refractivity contribution in [1.82, 2.24) is 0 Å².